The molecule has 1 saturated heterocycles. The smallest absolute Gasteiger partial charge is 0.315 e. The van der Waals surface area contributed by atoms with E-state index >= 15 is 0 Å². The number of carbonyl (C=O) groups excluding carboxylic acids is 2. The topological polar surface area (TPSA) is 58.6 Å². The molecule has 5 nitrogen and oxygen atoms in total. The standard InChI is InChI=1S/C16H20BrFN2O3/c1-2-23-16(22)9-15(21)19-12-4-3-7-20(10-12)14-6-5-11(17)8-13(14)18/h5-6,8,12H,2-4,7,9-10H2,1H3,(H,19,21)/t12-/m0/s1. The fourth-order valence-electron chi connectivity index (χ4n) is 2.67. The van der Waals surface area contributed by atoms with Crippen LogP contribution in [0.2, 0.25) is 0 Å². The van der Waals surface area contributed by atoms with E-state index in [1.165, 1.54) is 6.07 Å². The van der Waals surface area contributed by atoms with E-state index in [-0.39, 0.29) is 30.8 Å². The lowest BCUT2D eigenvalue weighted by atomic mass is 10.0. The van der Waals surface area contributed by atoms with Crippen LogP contribution in [0.25, 0.3) is 0 Å². The lowest BCUT2D eigenvalue weighted by molar-refractivity contribution is -0.146. The summed E-state index contributed by atoms with van der Waals surface area (Å²) in [5, 5.41) is 2.83. The zero-order valence-corrected chi connectivity index (χ0v) is 14.6. The molecule has 0 radical (unpaired) electrons. The molecule has 126 valence electrons. The largest absolute Gasteiger partial charge is 0.466 e. The van der Waals surface area contributed by atoms with E-state index < -0.39 is 5.97 Å². The molecule has 1 heterocycles. The van der Waals surface area contributed by atoms with Crippen molar-refractivity contribution in [2.45, 2.75) is 32.2 Å². The summed E-state index contributed by atoms with van der Waals surface area (Å²) in [5.74, 6) is -1.18. The molecular weight excluding hydrogens is 367 g/mol. The van der Waals surface area contributed by atoms with Crippen LogP contribution in [0.5, 0.6) is 0 Å². The maximum absolute atomic E-state index is 14.1. The van der Waals surface area contributed by atoms with Gasteiger partial charge in [0.25, 0.3) is 0 Å². The minimum absolute atomic E-state index is 0.103. The zero-order valence-electron chi connectivity index (χ0n) is 13.0. The second-order valence-corrected chi connectivity index (χ2v) is 6.35. The summed E-state index contributed by atoms with van der Waals surface area (Å²) in [6.07, 6.45) is 1.38. The van der Waals surface area contributed by atoms with Gasteiger partial charge >= 0.3 is 5.97 Å². The minimum Gasteiger partial charge on any atom is -0.466 e. The Morgan fingerprint density at radius 1 is 1.48 bits per heavy atom. The van der Waals surface area contributed by atoms with Gasteiger partial charge in [-0.1, -0.05) is 15.9 Å². The molecule has 0 saturated carbocycles. The molecule has 1 atom stereocenters. The SMILES string of the molecule is CCOC(=O)CC(=O)N[C@H]1CCCN(c2ccc(Br)cc2F)C1. The van der Waals surface area contributed by atoms with E-state index in [0.717, 1.165) is 19.4 Å². The molecule has 1 aliphatic heterocycles. The van der Waals surface area contributed by atoms with E-state index in [1.54, 1.807) is 19.1 Å². The van der Waals surface area contributed by atoms with Gasteiger partial charge in [-0.15, -0.1) is 0 Å². The third-order valence-corrected chi connectivity index (χ3v) is 4.14. The Labute approximate surface area is 143 Å². The molecule has 1 N–H and O–H groups in total. The Hall–Kier alpha value is -1.63. The van der Waals surface area contributed by atoms with E-state index in [9.17, 15) is 14.0 Å². The van der Waals surface area contributed by atoms with E-state index in [2.05, 4.69) is 21.2 Å². The van der Waals surface area contributed by atoms with Crippen LogP contribution in [0.4, 0.5) is 10.1 Å². The van der Waals surface area contributed by atoms with Gasteiger partial charge in [0.15, 0.2) is 0 Å². The number of nitrogens with zero attached hydrogens (tertiary/aromatic N) is 1. The molecule has 0 aromatic heterocycles. The van der Waals surface area contributed by atoms with Gasteiger partial charge in [-0.2, -0.15) is 0 Å². The lowest BCUT2D eigenvalue weighted by Crippen LogP contribution is -2.48. The number of ether oxygens (including phenoxy) is 1. The summed E-state index contributed by atoms with van der Waals surface area (Å²) < 4.78 is 19.5. The van der Waals surface area contributed by atoms with Crippen molar-refractivity contribution in [1.82, 2.24) is 5.32 Å². The summed E-state index contributed by atoms with van der Waals surface area (Å²) in [6.45, 7) is 3.21. The first kappa shape index (κ1) is 17.7. The number of rotatable bonds is 5. The molecule has 1 aromatic carbocycles. The van der Waals surface area contributed by atoms with Crippen LogP contribution < -0.4 is 10.2 Å². The maximum atomic E-state index is 14.1. The van der Waals surface area contributed by atoms with Crippen LogP contribution in [-0.2, 0) is 14.3 Å². The number of esters is 1. The van der Waals surface area contributed by atoms with Gasteiger partial charge in [-0.25, -0.2) is 4.39 Å². The summed E-state index contributed by atoms with van der Waals surface area (Å²) in [7, 11) is 0. The number of benzene rings is 1. The quantitative estimate of drug-likeness (QED) is 0.624. The Bertz CT molecular complexity index is 582. The highest BCUT2D eigenvalue weighted by molar-refractivity contribution is 9.10. The van der Waals surface area contributed by atoms with Gasteiger partial charge in [-0.05, 0) is 38.0 Å². The van der Waals surface area contributed by atoms with Crippen molar-refractivity contribution in [2.24, 2.45) is 0 Å². The normalized spacial score (nSPS) is 17.7. The van der Waals surface area contributed by atoms with Crippen molar-refractivity contribution in [3.8, 4) is 0 Å². The van der Waals surface area contributed by atoms with Crippen molar-refractivity contribution in [3.05, 3.63) is 28.5 Å². The summed E-state index contributed by atoms with van der Waals surface area (Å²) in [5.41, 5.74) is 0.526. The molecule has 2 rings (SSSR count). The Kier molecular flexibility index (Phi) is 6.38. The predicted octanol–water partition coefficient (Wildman–Crippen LogP) is 2.63. The molecule has 0 aliphatic carbocycles. The van der Waals surface area contributed by atoms with Crippen molar-refractivity contribution in [1.29, 1.82) is 0 Å². The maximum Gasteiger partial charge on any atom is 0.315 e. The zero-order chi connectivity index (χ0) is 16.8. The van der Waals surface area contributed by atoms with Gasteiger partial charge in [0, 0.05) is 23.6 Å². The summed E-state index contributed by atoms with van der Waals surface area (Å²) in [4.78, 5) is 25.1. The monoisotopic (exact) mass is 386 g/mol. The van der Waals surface area contributed by atoms with Crippen molar-refractivity contribution < 1.29 is 18.7 Å². The van der Waals surface area contributed by atoms with Gasteiger partial charge in [0.1, 0.15) is 12.2 Å². The Balaban J connectivity index is 1.93. The first-order valence-electron chi connectivity index (χ1n) is 7.64. The van der Waals surface area contributed by atoms with Crippen LogP contribution in [0.3, 0.4) is 0 Å². The number of carbonyl (C=O) groups is 2. The molecule has 1 aromatic rings. The van der Waals surface area contributed by atoms with Gasteiger partial charge in [0.2, 0.25) is 5.91 Å². The number of anilines is 1. The van der Waals surface area contributed by atoms with Crippen LogP contribution >= 0.6 is 15.9 Å². The van der Waals surface area contributed by atoms with E-state index in [0.29, 0.717) is 16.7 Å². The van der Waals surface area contributed by atoms with Crippen LogP contribution in [-0.4, -0.2) is 37.6 Å². The first-order chi connectivity index (χ1) is 11.0. The fraction of sp³-hybridized carbons (Fsp3) is 0.500. The second-order valence-electron chi connectivity index (χ2n) is 5.43. The highest BCUT2D eigenvalue weighted by Gasteiger charge is 2.24. The van der Waals surface area contributed by atoms with Gasteiger partial charge in [-0.3, -0.25) is 9.59 Å². The van der Waals surface area contributed by atoms with Crippen LogP contribution in [0.1, 0.15) is 26.2 Å². The lowest BCUT2D eigenvalue weighted by Gasteiger charge is -2.35. The van der Waals surface area contributed by atoms with Crippen molar-refractivity contribution in [3.63, 3.8) is 0 Å². The molecule has 0 spiro atoms. The third kappa shape index (κ3) is 5.20. The third-order valence-electron chi connectivity index (χ3n) is 3.65. The molecule has 1 aliphatic rings. The number of amides is 1. The number of hydrogen-bond acceptors (Lipinski definition) is 4. The number of hydrogen-bond donors (Lipinski definition) is 1. The molecule has 1 amide bonds. The highest BCUT2D eigenvalue weighted by Crippen LogP contribution is 2.26. The van der Waals surface area contributed by atoms with Crippen molar-refractivity contribution >= 4 is 33.5 Å². The molecule has 23 heavy (non-hydrogen) atoms. The van der Waals surface area contributed by atoms with Gasteiger partial charge < -0.3 is 15.0 Å². The fourth-order valence-corrected chi connectivity index (χ4v) is 3.01. The summed E-state index contributed by atoms with van der Waals surface area (Å²) in [6, 6.07) is 4.84. The predicted molar refractivity (Wildman–Crippen MR) is 88.7 cm³/mol. The van der Waals surface area contributed by atoms with Gasteiger partial charge in [0.05, 0.1) is 12.3 Å². The van der Waals surface area contributed by atoms with Crippen LogP contribution in [0.15, 0.2) is 22.7 Å². The molecule has 7 heteroatoms. The highest BCUT2D eigenvalue weighted by atomic mass is 79.9. The van der Waals surface area contributed by atoms with Crippen molar-refractivity contribution in [2.75, 3.05) is 24.6 Å². The Morgan fingerprint density at radius 3 is 2.96 bits per heavy atom. The first-order valence-corrected chi connectivity index (χ1v) is 8.44. The Morgan fingerprint density at radius 2 is 2.26 bits per heavy atom. The van der Waals surface area contributed by atoms with E-state index in [1.807, 2.05) is 4.90 Å². The number of piperidine rings is 1. The molecule has 1 fully saturated rings. The average molecular weight is 387 g/mol. The molecule has 0 unspecified atom stereocenters. The second kappa shape index (κ2) is 8.29. The average Bonchev–Trinajstić information content (AvgIpc) is 2.47. The van der Waals surface area contributed by atoms with E-state index in [4.69, 9.17) is 4.74 Å². The van der Waals surface area contributed by atoms with Crippen LogP contribution in [0, 0.1) is 5.82 Å². The number of halogens is 2. The number of nitrogens with one attached hydrogen (secondary N) is 1. The molecular formula is C16H20BrFN2O3. The molecule has 0 bridgehead atoms. The summed E-state index contributed by atoms with van der Waals surface area (Å²) >= 11 is 3.24. The minimum atomic E-state index is -0.531.